The summed E-state index contributed by atoms with van der Waals surface area (Å²) in [4.78, 5) is 17.4. The molecule has 5 heteroatoms. The topological polar surface area (TPSA) is 71.8 Å². The Morgan fingerprint density at radius 2 is 2.31 bits per heavy atom. The third-order valence-corrected chi connectivity index (χ3v) is 1.69. The number of imidazole rings is 1. The Balaban J connectivity index is 0.000000845. The molecule has 4 nitrogen and oxygen atoms in total. The molecule has 0 saturated heterocycles. The van der Waals surface area contributed by atoms with E-state index in [1.807, 2.05) is 6.07 Å². The van der Waals surface area contributed by atoms with Crippen molar-refractivity contribution in [2.45, 2.75) is 0 Å². The molecule has 0 radical (unpaired) electrons. The van der Waals surface area contributed by atoms with Crippen LogP contribution >= 0.6 is 0 Å². The monoisotopic (exact) mass is 185 g/mol. The standard InChI is InChI=1S/C8H7N3O.Na.H/c9-8-10-6-3-1-2-5(4-12)7(6)11-8;;/h1-4H,(H3,9,10,11);;/q;+1;-1. The van der Waals surface area contributed by atoms with E-state index in [0.29, 0.717) is 17.0 Å². The predicted molar refractivity (Wildman–Crippen MR) is 47.0 cm³/mol. The second-order valence-corrected chi connectivity index (χ2v) is 2.48. The Hall–Kier alpha value is -0.840. The minimum atomic E-state index is 0. The Morgan fingerprint density at radius 1 is 1.54 bits per heavy atom. The summed E-state index contributed by atoms with van der Waals surface area (Å²) < 4.78 is 0. The number of rotatable bonds is 1. The van der Waals surface area contributed by atoms with E-state index in [1.54, 1.807) is 12.1 Å². The number of H-pyrrole nitrogens is 1. The number of nitrogens with two attached hydrogens (primary N) is 1. The second-order valence-electron chi connectivity index (χ2n) is 2.48. The number of anilines is 1. The second kappa shape index (κ2) is 3.91. The van der Waals surface area contributed by atoms with E-state index in [4.69, 9.17) is 5.73 Å². The number of carbonyl (C=O) groups is 1. The van der Waals surface area contributed by atoms with Crippen LogP contribution in [0, 0.1) is 0 Å². The van der Waals surface area contributed by atoms with Crippen molar-refractivity contribution in [2.75, 3.05) is 5.73 Å². The molecule has 0 spiro atoms. The van der Waals surface area contributed by atoms with Gasteiger partial charge in [0, 0.05) is 5.56 Å². The van der Waals surface area contributed by atoms with Crippen molar-refractivity contribution in [1.82, 2.24) is 9.97 Å². The molecular weight excluding hydrogens is 177 g/mol. The molecule has 0 aliphatic heterocycles. The van der Waals surface area contributed by atoms with Crippen LogP contribution in [0.5, 0.6) is 0 Å². The molecule has 0 saturated carbocycles. The number of fused-ring (bicyclic) bond motifs is 1. The summed E-state index contributed by atoms with van der Waals surface area (Å²) in [6.45, 7) is 0. The number of para-hydroxylation sites is 1. The molecule has 0 unspecified atom stereocenters. The molecule has 0 amide bonds. The number of carbonyl (C=O) groups excluding carboxylic acids is 1. The summed E-state index contributed by atoms with van der Waals surface area (Å²) in [5.41, 5.74) is 7.41. The van der Waals surface area contributed by atoms with E-state index < -0.39 is 0 Å². The van der Waals surface area contributed by atoms with Crippen molar-refractivity contribution in [3.05, 3.63) is 23.8 Å². The zero-order valence-corrected chi connectivity index (χ0v) is 9.24. The van der Waals surface area contributed by atoms with Crippen LogP contribution in [0.2, 0.25) is 0 Å². The van der Waals surface area contributed by atoms with Crippen molar-refractivity contribution in [3.63, 3.8) is 0 Å². The SMILES string of the molecule is Nc1nc2c(C=O)cccc2[nH]1.[H-].[Na+]. The maximum atomic E-state index is 10.5. The van der Waals surface area contributed by atoms with E-state index in [9.17, 15) is 4.79 Å². The zero-order valence-electron chi connectivity index (χ0n) is 8.24. The van der Waals surface area contributed by atoms with Crippen LogP contribution in [0.15, 0.2) is 18.2 Å². The number of nitrogens with zero attached hydrogens (tertiary/aromatic N) is 1. The van der Waals surface area contributed by atoms with E-state index in [-0.39, 0.29) is 31.0 Å². The molecule has 1 heterocycles. The zero-order chi connectivity index (χ0) is 8.55. The van der Waals surface area contributed by atoms with Crippen LogP contribution < -0.4 is 35.3 Å². The molecule has 0 atom stereocenters. The molecule has 1 aromatic carbocycles. The van der Waals surface area contributed by atoms with Crippen molar-refractivity contribution in [1.29, 1.82) is 0 Å². The largest absolute Gasteiger partial charge is 1.00 e. The van der Waals surface area contributed by atoms with Gasteiger partial charge >= 0.3 is 29.6 Å². The number of aromatic amines is 1. The van der Waals surface area contributed by atoms with Gasteiger partial charge in [-0.3, -0.25) is 4.79 Å². The van der Waals surface area contributed by atoms with Crippen molar-refractivity contribution in [2.24, 2.45) is 0 Å². The van der Waals surface area contributed by atoms with E-state index >= 15 is 0 Å². The first-order chi connectivity index (χ1) is 5.81. The molecule has 2 rings (SSSR count). The van der Waals surface area contributed by atoms with Gasteiger partial charge in [0.2, 0.25) is 0 Å². The van der Waals surface area contributed by atoms with Gasteiger partial charge in [0.05, 0.1) is 5.52 Å². The van der Waals surface area contributed by atoms with Crippen LogP contribution in [-0.2, 0) is 0 Å². The number of nitrogen functional groups attached to an aromatic ring is 1. The first-order valence-electron chi connectivity index (χ1n) is 3.50. The first kappa shape index (κ1) is 10.2. The van der Waals surface area contributed by atoms with Gasteiger partial charge in [-0.25, -0.2) is 4.98 Å². The maximum Gasteiger partial charge on any atom is 1.00 e. The van der Waals surface area contributed by atoms with Gasteiger partial charge in [0.15, 0.2) is 12.2 Å². The van der Waals surface area contributed by atoms with E-state index in [2.05, 4.69) is 9.97 Å². The molecule has 0 aliphatic carbocycles. The van der Waals surface area contributed by atoms with Crippen LogP contribution in [0.1, 0.15) is 11.8 Å². The Kier molecular flexibility index (Phi) is 3.08. The fourth-order valence-corrected chi connectivity index (χ4v) is 1.17. The van der Waals surface area contributed by atoms with Crippen molar-refractivity contribution < 1.29 is 35.8 Å². The maximum absolute atomic E-state index is 10.5. The van der Waals surface area contributed by atoms with Gasteiger partial charge in [-0.15, -0.1) is 0 Å². The summed E-state index contributed by atoms with van der Waals surface area (Å²) in [6.07, 6.45) is 0.766. The molecule has 62 valence electrons. The van der Waals surface area contributed by atoms with Crippen molar-refractivity contribution in [3.8, 4) is 0 Å². The minimum absolute atomic E-state index is 0. The average Bonchev–Trinajstić information content (AvgIpc) is 2.44. The molecule has 3 N–H and O–H groups in total. The predicted octanol–water partition coefficient (Wildman–Crippen LogP) is -1.93. The van der Waals surface area contributed by atoms with Gasteiger partial charge in [0.25, 0.3) is 0 Å². The Morgan fingerprint density at radius 3 is 3.00 bits per heavy atom. The van der Waals surface area contributed by atoms with Gasteiger partial charge < -0.3 is 12.1 Å². The summed E-state index contributed by atoms with van der Waals surface area (Å²) in [5, 5.41) is 0. The van der Waals surface area contributed by atoms with Gasteiger partial charge in [-0.1, -0.05) is 6.07 Å². The molecule has 2 aromatic rings. The minimum Gasteiger partial charge on any atom is -1.00 e. The molecule has 0 bridgehead atoms. The first-order valence-corrected chi connectivity index (χ1v) is 3.50. The number of aldehydes is 1. The van der Waals surface area contributed by atoms with E-state index in [1.165, 1.54) is 0 Å². The number of aromatic nitrogens is 2. The molecule has 13 heavy (non-hydrogen) atoms. The average molecular weight is 185 g/mol. The summed E-state index contributed by atoms with van der Waals surface area (Å²) in [6, 6.07) is 5.31. The van der Waals surface area contributed by atoms with E-state index in [0.717, 1.165) is 11.8 Å². The molecular formula is C8H8N3NaO. The Labute approximate surface area is 98.3 Å². The number of hydrogen-bond donors (Lipinski definition) is 2. The van der Waals surface area contributed by atoms with Gasteiger partial charge in [-0.2, -0.15) is 0 Å². The third kappa shape index (κ3) is 1.75. The quantitative estimate of drug-likeness (QED) is 0.401. The Bertz CT molecular complexity index is 443. The summed E-state index contributed by atoms with van der Waals surface area (Å²) in [7, 11) is 0. The summed E-state index contributed by atoms with van der Waals surface area (Å²) in [5.74, 6) is 0.333. The van der Waals surface area contributed by atoms with Crippen LogP contribution in [-0.4, -0.2) is 16.3 Å². The number of benzene rings is 1. The third-order valence-electron chi connectivity index (χ3n) is 1.69. The summed E-state index contributed by atoms with van der Waals surface area (Å²) >= 11 is 0. The molecule has 1 aromatic heterocycles. The molecule has 0 aliphatic rings. The molecule has 0 fully saturated rings. The van der Waals surface area contributed by atoms with Gasteiger partial charge in [0.1, 0.15) is 5.52 Å². The number of hydrogen-bond acceptors (Lipinski definition) is 3. The van der Waals surface area contributed by atoms with Gasteiger partial charge in [-0.05, 0) is 12.1 Å². The van der Waals surface area contributed by atoms with Crippen LogP contribution in [0.25, 0.3) is 11.0 Å². The fraction of sp³-hybridized carbons (Fsp3) is 0. The normalized spacial score (nSPS) is 9.54. The van der Waals surface area contributed by atoms with Crippen LogP contribution in [0.4, 0.5) is 5.95 Å². The van der Waals surface area contributed by atoms with Crippen LogP contribution in [0.3, 0.4) is 0 Å². The van der Waals surface area contributed by atoms with Crippen molar-refractivity contribution >= 4 is 23.3 Å². The fourth-order valence-electron chi connectivity index (χ4n) is 1.17. The number of nitrogens with one attached hydrogen (secondary N) is 1. The smallest absolute Gasteiger partial charge is 1.00 e.